The number of hydrogen-bond acceptors (Lipinski definition) is 2. The number of allylic oxidation sites excluding steroid dienone is 2. The monoisotopic (exact) mass is 671 g/mol. The summed E-state index contributed by atoms with van der Waals surface area (Å²) in [6.45, 7) is 2.69. The van der Waals surface area contributed by atoms with Crippen molar-refractivity contribution in [1.29, 1.82) is 0 Å². The van der Waals surface area contributed by atoms with Gasteiger partial charge in [-0.1, -0.05) is 159 Å². The molecule has 1 aliphatic carbocycles. The Bertz CT molecular complexity index is 2760. The number of hydrogen-bond donors (Lipinski definition) is 1. The zero-order chi connectivity index (χ0) is 35.1. The summed E-state index contributed by atoms with van der Waals surface area (Å²) in [7, 11) is 0. The first-order valence-electron chi connectivity index (χ1n) is 17.8. The molecule has 2 N–H and O–H groups in total. The van der Waals surface area contributed by atoms with Crippen LogP contribution in [0.25, 0.3) is 54.6 Å². The van der Waals surface area contributed by atoms with Gasteiger partial charge in [-0.05, 0) is 68.4 Å². The predicted octanol–water partition coefficient (Wildman–Crippen LogP) is 11.7. The third kappa shape index (κ3) is 5.78. The number of aliphatic imine (C=N–C) groups is 2. The SMILES string of the molecule is CC1(c2ccc3ccccc3c2)C=CC(/C(N)=N/C(=N\Cc2cccc3oc4ccc(-c5cccc6ccccc56)cc4c23)c2ccccc2)=CC1. The molecule has 1 aliphatic rings. The van der Waals surface area contributed by atoms with Crippen LogP contribution in [0.5, 0.6) is 0 Å². The summed E-state index contributed by atoms with van der Waals surface area (Å²) in [6, 6.07) is 52.9. The van der Waals surface area contributed by atoms with Gasteiger partial charge in [-0.25, -0.2) is 4.99 Å². The number of nitrogens with two attached hydrogens (primary N) is 1. The molecular weight excluding hydrogens is 635 g/mol. The average Bonchev–Trinajstić information content (AvgIpc) is 3.58. The maximum absolute atomic E-state index is 6.75. The third-order valence-corrected chi connectivity index (χ3v) is 10.4. The van der Waals surface area contributed by atoms with Gasteiger partial charge >= 0.3 is 0 Å². The number of fused-ring (bicyclic) bond motifs is 5. The molecule has 0 saturated heterocycles. The van der Waals surface area contributed by atoms with E-state index in [2.05, 4.69) is 134 Å². The summed E-state index contributed by atoms with van der Waals surface area (Å²) in [5, 5.41) is 7.09. The Morgan fingerprint density at radius 3 is 2.31 bits per heavy atom. The van der Waals surface area contributed by atoms with E-state index in [9.17, 15) is 0 Å². The molecule has 1 heterocycles. The van der Waals surface area contributed by atoms with E-state index in [1.807, 2.05) is 42.5 Å². The molecule has 0 radical (unpaired) electrons. The van der Waals surface area contributed by atoms with Gasteiger partial charge in [0.2, 0.25) is 0 Å². The lowest BCUT2D eigenvalue weighted by Gasteiger charge is -2.29. The fourth-order valence-electron chi connectivity index (χ4n) is 7.47. The van der Waals surface area contributed by atoms with E-state index in [1.165, 1.54) is 32.7 Å². The van der Waals surface area contributed by atoms with Gasteiger partial charge in [0.25, 0.3) is 0 Å². The quantitative estimate of drug-likeness (QED) is 0.141. The van der Waals surface area contributed by atoms with Crippen LogP contribution < -0.4 is 5.73 Å². The lowest BCUT2D eigenvalue weighted by molar-refractivity contribution is 0.599. The van der Waals surface area contributed by atoms with Crippen LogP contribution in [0.15, 0.2) is 190 Å². The van der Waals surface area contributed by atoms with Crippen molar-refractivity contribution >= 4 is 55.2 Å². The summed E-state index contributed by atoms with van der Waals surface area (Å²) < 4.78 is 6.37. The summed E-state index contributed by atoms with van der Waals surface area (Å²) in [5.41, 5.74) is 14.8. The van der Waals surface area contributed by atoms with Gasteiger partial charge < -0.3 is 10.2 Å². The van der Waals surface area contributed by atoms with Gasteiger partial charge in [0.1, 0.15) is 17.0 Å². The Morgan fingerprint density at radius 1 is 0.692 bits per heavy atom. The van der Waals surface area contributed by atoms with Gasteiger partial charge in [0.15, 0.2) is 5.84 Å². The van der Waals surface area contributed by atoms with Crippen LogP contribution in [0.1, 0.15) is 30.0 Å². The maximum Gasteiger partial charge on any atom is 0.157 e. The molecular formula is C48H37N3O. The van der Waals surface area contributed by atoms with Crippen molar-refractivity contribution in [2.24, 2.45) is 15.7 Å². The zero-order valence-electron chi connectivity index (χ0n) is 29.0. The molecule has 0 spiro atoms. The average molecular weight is 672 g/mol. The molecule has 1 aromatic heterocycles. The summed E-state index contributed by atoms with van der Waals surface area (Å²) in [6.07, 6.45) is 7.38. The number of nitrogens with zero attached hydrogens (tertiary/aromatic N) is 2. The Kier molecular flexibility index (Phi) is 7.85. The van der Waals surface area contributed by atoms with Gasteiger partial charge in [-0.2, -0.15) is 0 Å². The highest BCUT2D eigenvalue weighted by atomic mass is 16.3. The predicted molar refractivity (Wildman–Crippen MR) is 218 cm³/mol. The first kappa shape index (κ1) is 31.5. The lowest BCUT2D eigenvalue weighted by Crippen LogP contribution is -2.24. The van der Waals surface area contributed by atoms with Crippen LogP contribution in [-0.2, 0) is 12.0 Å². The highest BCUT2D eigenvalue weighted by Crippen LogP contribution is 2.38. The Morgan fingerprint density at radius 2 is 1.46 bits per heavy atom. The first-order valence-corrected chi connectivity index (χ1v) is 17.8. The van der Waals surface area contributed by atoms with Crippen molar-refractivity contribution in [3.63, 3.8) is 0 Å². The summed E-state index contributed by atoms with van der Waals surface area (Å²) >= 11 is 0. The molecule has 7 aromatic carbocycles. The molecule has 0 aliphatic heterocycles. The van der Waals surface area contributed by atoms with Crippen LogP contribution in [0, 0.1) is 0 Å². The van der Waals surface area contributed by atoms with Crippen molar-refractivity contribution in [2.45, 2.75) is 25.3 Å². The van der Waals surface area contributed by atoms with Crippen molar-refractivity contribution in [2.75, 3.05) is 0 Å². The molecule has 8 aromatic rings. The van der Waals surface area contributed by atoms with Crippen molar-refractivity contribution < 1.29 is 4.42 Å². The number of benzene rings is 7. The highest BCUT2D eigenvalue weighted by molar-refractivity contribution is 6.12. The van der Waals surface area contributed by atoms with Crippen molar-refractivity contribution in [3.8, 4) is 11.1 Å². The van der Waals surface area contributed by atoms with E-state index in [4.69, 9.17) is 20.1 Å². The first-order chi connectivity index (χ1) is 25.5. The van der Waals surface area contributed by atoms with E-state index in [-0.39, 0.29) is 5.41 Å². The Balaban J connectivity index is 1.05. The van der Waals surface area contributed by atoms with Crippen LogP contribution in [0.2, 0.25) is 0 Å². The third-order valence-electron chi connectivity index (χ3n) is 10.4. The van der Waals surface area contributed by atoms with Gasteiger partial charge in [0.05, 0.1) is 6.54 Å². The van der Waals surface area contributed by atoms with Crippen LogP contribution in [0.4, 0.5) is 0 Å². The molecule has 0 fully saturated rings. The molecule has 0 bridgehead atoms. The van der Waals surface area contributed by atoms with E-state index in [0.717, 1.165) is 50.6 Å². The second-order valence-electron chi connectivity index (χ2n) is 13.8. The summed E-state index contributed by atoms with van der Waals surface area (Å²) in [4.78, 5) is 10.1. The van der Waals surface area contributed by atoms with Crippen LogP contribution in [0.3, 0.4) is 0 Å². The maximum atomic E-state index is 6.75. The highest BCUT2D eigenvalue weighted by Gasteiger charge is 2.26. The minimum atomic E-state index is -0.135. The Hall–Kier alpha value is -6.52. The molecule has 1 atom stereocenters. The number of furan rings is 1. The van der Waals surface area contributed by atoms with Gasteiger partial charge in [0, 0.05) is 27.3 Å². The molecule has 9 rings (SSSR count). The van der Waals surface area contributed by atoms with E-state index < -0.39 is 0 Å². The largest absolute Gasteiger partial charge is 0.456 e. The number of amidine groups is 2. The van der Waals surface area contributed by atoms with Gasteiger partial charge in [-0.3, -0.25) is 4.99 Å². The molecule has 4 heteroatoms. The van der Waals surface area contributed by atoms with Crippen molar-refractivity contribution in [1.82, 2.24) is 0 Å². The Labute approximate surface area is 303 Å². The molecule has 4 nitrogen and oxygen atoms in total. The second-order valence-corrected chi connectivity index (χ2v) is 13.8. The summed E-state index contributed by atoms with van der Waals surface area (Å²) in [5.74, 6) is 1.04. The fourth-order valence-corrected chi connectivity index (χ4v) is 7.47. The number of rotatable bonds is 6. The standard InChI is InChI=1S/C48H37N3O/c1-48(39-23-21-32-11-5-6-15-36(32)29-39)27-25-34(26-28-48)46(49)51-47(35-13-3-2-4-14-35)50-31-38-17-10-20-44-45(38)42-30-37(22-24-43(42)52-44)41-19-9-16-33-12-7-8-18-40(33)41/h2-27,29-30H,28,31H2,1H3,(H2,49,50,51). The minimum Gasteiger partial charge on any atom is -0.456 e. The normalized spacial score (nSPS) is 16.6. The zero-order valence-corrected chi connectivity index (χ0v) is 29.0. The van der Waals surface area contributed by atoms with E-state index in [0.29, 0.717) is 18.2 Å². The molecule has 0 saturated carbocycles. The van der Waals surface area contributed by atoms with Gasteiger partial charge in [-0.15, -0.1) is 0 Å². The molecule has 52 heavy (non-hydrogen) atoms. The van der Waals surface area contributed by atoms with Crippen LogP contribution >= 0.6 is 0 Å². The molecule has 0 amide bonds. The second kappa shape index (κ2) is 13.0. The van der Waals surface area contributed by atoms with Crippen LogP contribution in [-0.4, -0.2) is 11.7 Å². The minimum absolute atomic E-state index is 0.135. The molecule has 1 unspecified atom stereocenters. The van der Waals surface area contributed by atoms with E-state index >= 15 is 0 Å². The smallest absolute Gasteiger partial charge is 0.157 e. The van der Waals surface area contributed by atoms with E-state index in [1.54, 1.807) is 0 Å². The van der Waals surface area contributed by atoms with Crippen molar-refractivity contribution in [3.05, 3.63) is 192 Å². The molecule has 250 valence electrons. The fraction of sp³-hybridized carbons (Fsp3) is 0.0833. The topological polar surface area (TPSA) is 63.9 Å². The lowest BCUT2D eigenvalue weighted by atomic mass is 9.75.